The van der Waals surface area contributed by atoms with E-state index in [1.807, 2.05) is 30.3 Å². The van der Waals surface area contributed by atoms with E-state index in [2.05, 4.69) is 39.3 Å². The number of hydrogen-bond acceptors (Lipinski definition) is 0. The van der Waals surface area contributed by atoms with Gasteiger partial charge in [0.05, 0.1) is 0 Å². The molecular formula is C11H5MnO5-. The van der Waals surface area contributed by atoms with Crippen LogP contribution in [0.3, 0.4) is 0 Å². The van der Waals surface area contributed by atoms with Crippen molar-refractivity contribution in [3.8, 4) is 0 Å². The van der Waals surface area contributed by atoms with Gasteiger partial charge >= 0.3 is 56.5 Å². The molecule has 1 aromatic rings. The van der Waals surface area contributed by atoms with Gasteiger partial charge in [0.1, 0.15) is 0 Å². The van der Waals surface area contributed by atoms with E-state index in [0.717, 1.165) is 0 Å². The van der Waals surface area contributed by atoms with Crippen molar-refractivity contribution in [1.82, 2.24) is 0 Å². The molecular weight excluding hydrogens is 267 g/mol. The van der Waals surface area contributed by atoms with Crippen molar-refractivity contribution < 1.29 is 40.3 Å². The van der Waals surface area contributed by atoms with Crippen molar-refractivity contribution >= 4 is 0 Å². The SMILES string of the molecule is [C-]#[O+].[C-]#[O+].[C-]#[O+].[C-]#[O+].[C-]#[O+].[Mn].[c-]1ccccc1. The molecule has 0 bridgehead atoms. The molecule has 6 heteroatoms. The summed E-state index contributed by atoms with van der Waals surface area (Å²) in [4.78, 5) is 0. The van der Waals surface area contributed by atoms with Crippen molar-refractivity contribution in [2.75, 3.05) is 0 Å². The Kier molecular flexibility index (Phi) is 281. The predicted octanol–water partition coefficient (Wildman–Crippen LogP) is 1.30. The van der Waals surface area contributed by atoms with Gasteiger partial charge in [-0.05, 0) is 0 Å². The quantitative estimate of drug-likeness (QED) is 0.386. The third-order valence-corrected chi connectivity index (χ3v) is 0.607. The van der Waals surface area contributed by atoms with Gasteiger partial charge in [0.15, 0.2) is 0 Å². The molecule has 0 aliphatic heterocycles. The summed E-state index contributed by atoms with van der Waals surface area (Å²) in [6, 6.07) is 12.5. The monoisotopic (exact) mass is 272 g/mol. The average Bonchev–Trinajstić information content (AvgIpc) is 2.51. The molecule has 0 spiro atoms. The first-order valence-corrected chi connectivity index (χ1v) is 2.93. The summed E-state index contributed by atoms with van der Waals surface area (Å²) in [5, 5.41) is 0. The van der Waals surface area contributed by atoms with Crippen LogP contribution in [0.5, 0.6) is 0 Å². The molecule has 1 aromatic carbocycles. The van der Waals surface area contributed by atoms with Gasteiger partial charge in [0, 0.05) is 17.1 Å². The molecule has 0 saturated carbocycles. The van der Waals surface area contributed by atoms with E-state index in [9.17, 15) is 0 Å². The summed E-state index contributed by atoms with van der Waals surface area (Å²) >= 11 is 0. The molecule has 0 heterocycles. The van der Waals surface area contributed by atoms with E-state index >= 15 is 0 Å². The van der Waals surface area contributed by atoms with Gasteiger partial charge in [-0.3, -0.25) is 0 Å². The maximum atomic E-state index is 7.50. The molecule has 0 N–H and O–H groups in total. The zero-order valence-electron chi connectivity index (χ0n) is 8.31. The zero-order chi connectivity index (χ0) is 14.2. The van der Waals surface area contributed by atoms with Gasteiger partial charge < -0.3 is 0 Å². The Morgan fingerprint density at radius 1 is 0.529 bits per heavy atom. The van der Waals surface area contributed by atoms with Crippen LogP contribution in [0.2, 0.25) is 0 Å². The largest absolute Gasteiger partial charge is 0.184 e. The molecule has 0 unspecified atom stereocenters. The van der Waals surface area contributed by atoms with Crippen LogP contribution in [0, 0.1) is 39.3 Å². The van der Waals surface area contributed by atoms with Gasteiger partial charge in [-0.1, -0.05) is 0 Å². The fraction of sp³-hybridized carbons (Fsp3) is 0. The third kappa shape index (κ3) is 113. The Bertz CT molecular complexity index is 212. The van der Waals surface area contributed by atoms with E-state index in [1.165, 1.54) is 0 Å². The van der Waals surface area contributed by atoms with Crippen LogP contribution in [0.1, 0.15) is 0 Å². The number of rotatable bonds is 0. The molecule has 0 saturated heterocycles. The second-order valence-electron chi connectivity index (χ2n) is 1.08. The molecule has 17 heavy (non-hydrogen) atoms. The Balaban J connectivity index is -0.0000000242. The van der Waals surface area contributed by atoms with Crippen LogP contribution < -0.4 is 0 Å². The minimum Gasteiger partial charge on any atom is -0.184 e. The molecule has 1 rings (SSSR count). The van der Waals surface area contributed by atoms with E-state index in [1.54, 1.807) is 0 Å². The first kappa shape index (κ1) is 36.1. The van der Waals surface area contributed by atoms with E-state index in [4.69, 9.17) is 23.3 Å². The summed E-state index contributed by atoms with van der Waals surface area (Å²) in [5.74, 6) is 0. The van der Waals surface area contributed by atoms with Gasteiger partial charge in [-0.2, -0.15) is 36.4 Å². The van der Waals surface area contributed by atoms with Gasteiger partial charge in [-0.15, -0.1) is 0 Å². The molecule has 0 fully saturated rings. The van der Waals surface area contributed by atoms with Crippen molar-refractivity contribution in [2.45, 2.75) is 0 Å². The standard InChI is InChI=1S/C6H5.5CO.Mn/c1-2-4-6-5-3-1;5*1-2;/h1-5H;;;;;;/q-1;;;;;;. The number of hydrogen-bond donors (Lipinski definition) is 0. The predicted molar refractivity (Wildman–Crippen MR) is 44.9 cm³/mol. The van der Waals surface area contributed by atoms with Crippen molar-refractivity contribution in [2.24, 2.45) is 0 Å². The Morgan fingerprint density at radius 3 is 0.824 bits per heavy atom. The number of benzene rings is 1. The smallest absolute Gasteiger partial charge is 0 e. The summed E-state index contributed by atoms with van der Waals surface area (Å²) in [6.07, 6.45) is 0. The van der Waals surface area contributed by atoms with Crippen LogP contribution in [0.15, 0.2) is 30.3 Å². The Labute approximate surface area is 110 Å². The van der Waals surface area contributed by atoms with Gasteiger partial charge in [0.25, 0.3) is 0 Å². The molecule has 1 radical (unpaired) electrons. The maximum absolute atomic E-state index is 7.50. The summed E-state index contributed by atoms with van der Waals surface area (Å²) in [7, 11) is 0. The first-order valence-electron chi connectivity index (χ1n) is 2.93. The van der Waals surface area contributed by atoms with E-state index in [0.29, 0.717) is 0 Å². The van der Waals surface area contributed by atoms with E-state index < -0.39 is 0 Å². The summed E-state index contributed by atoms with van der Waals surface area (Å²) < 4.78 is 37.5. The van der Waals surface area contributed by atoms with Crippen LogP contribution in [0.4, 0.5) is 0 Å². The molecule has 5 nitrogen and oxygen atoms in total. The second kappa shape index (κ2) is 132. The summed E-state index contributed by atoms with van der Waals surface area (Å²) in [5.41, 5.74) is 0. The van der Waals surface area contributed by atoms with Crippen molar-refractivity contribution in [3.63, 3.8) is 0 Å². The van der Waals surface area contributed by atoms with Crippen LogP contribution in [0.25, 0.3) is 0 Å². The summed E-state index contributed by atoms with van der Waals surface area (Å²) in [6.45, 7) is 22.5. The third-order valence-electron chi connectivity index (χ3n) is 0.607. The molecule has 0 amide bonds. The normalized spacial score (nSPS) is 3.41. The van der Waals surface area contributed by atoms with Crippen LogP contribution >= 0.6 is 0 Å². The Morgan fingerprint density at radius 2 is 0.765 bits per heavy atom. The maximum Gasteiger partial charge on any atom is 0 e. The topological polar surface area (TPSA) is 99.5 Å². The average molecular weight is 272 g/mol. The fourth-order valence-electron chi connectivity index (χ4n) is 0.342. The fourth-order valence-corrected chi connectivity index (χ4v) is 0.342. The first-order chi connectivity index (χ1) is 8.00. The molecule has 0 aromatic heterocycles. The van der Waals surface area contributed by atoms with Crippen molar-refractivity contribution in [1.29, 1.82) is 0 Å². The van der Waals surface area contributed by atoms with Gasteiger partial charge in [0.2, 0.25) is 0 Å². The molecule has 87 valence electrons. The zero-order valence-corrected chi connectivity index (χ0v) is 9.49. The van der Waals surface area contributed by atoms with Crippen LogP contribution in [-0.4, -0.2) is 0 Å². The Hall–Kier alpha value is -1.56. The minimum absolute atomic E-state index is 0. The van der Waals surface area contributed by atoms with Gasteiger partial charge in [-0.25, -0.2) is 0 Å². The minimum atomic E-state index is 0. The van der Waals surface area contributed by atoms with Crippen molar-refractivity contribution in [3.05, 3.63) is 69.7 Å². The molecule has 0 aliphatic carbocycles. The van der Waals surface area contributed by atoms with E-state index in [-0.39, 0.29) is 17.1 Å². The molecule has 0 aliphatic rings. The van der Waals surface area contributed by atoms with Crippen LogP contribution in [-0.2, 0) is 40.3 Å². The molecule has 0 atom stereocenters. The second-order valence-corrected chi connectivity index (χ2v) is 1.08.